The summed E-state index contributed by atoms with van der Waals surface area (Å²) in [5.74, 6) is 0.588. The van der Waals surface area contributed by atoms with Gasteiger partial charge in [0.25, 0.3) is 5.91 Å². The molecular weight excluding hydrogens is 206 g/mol. The summed E-state index contributed by atoms with van der Waals surface area (Å²) in [6, 6.07) is 5.16. The number of fused-ring (bicyclic) bond motifs is 1. The molecule has 0 fully saturated rings. The Hall–Kier alpha value is -1.75. The minimum Gasteiger partial charge on any atom is -0.482 e. The van der Waals surface area contributed by atoms with Gasteiger partial charge in [-0.25, -0.2) is 0 Å². The van der Waals surface area contributed by atoms with Crippen LogP contribution in [0.4, 0.5) is 11.4 Å². The van der Waals surface area contributed by atoms with Crippen LogP contribution >= 0.6 is 0 Å². The van der Waals surface area contributed by atoms with Gasteiger partial charge in [0.2, 0.25) is 0 Å². The molecule has 0 saturated carbocycles. The first-order chi connectivity index (χ1) is 7.58. The van der Waals surface area contributed by atoms with Gasteiger partial charge in [0.05, 0.1) is 5.69 Å². The molecule has 1 atom stereocenters. The van der Waals surface area contributed by atoms with Crippen LogP contribution in [0.3, 0.4) is 0 Å². The molecular formula is C11H15N3O2. The van der Waals surface area contributed by atoms with Crippen LogP contribution in [0, 0.1) is 0 Å². The lowest BCUT2D eigenvalue weighted by Crippen LogP contribution is -2.44. The number of hydrogen-bond donors (Lipinski definition) is 2. The minimum atomic E-state index is -0.0876. The van der Waals surface area contributed by atoms with E-state index in [1.807, 2.05) is 6.92 Å². The van der Waals surface area contributed by atoms with Gasteiger partial charge in [0.1, 0.15) is 5.75 Å². The van der Waals surface area contributed by atoms with Crippen LogP contribution in [-0.4, -0.2) is 25.1 Å². The first-order valence-electron chi connectivity index (χ1n) is 5.16. The zero-order chi connectivity index (χ0) is 11.7. The number of nitrogens with two attached hydrogens (primary N) is 2. The van der Waals surface area contributed by atoms with Gasteiger partial charge in [0, 0.05) is 18.3 Å². The molecule has 0 saturated heterocycles. The van der Waals surface area contributed by atoms with E-state index in [-0.39, 0.29) is 18.6 Å². The number of carbonyl (C=O) groups excluding carboxylic acids is 1. The summed E-state index contributed by atoms with van der Waals surface area (Å²) in [7, 11) is 0. The van der Waals surface area contributed by atoms with Gasteiger partial charge in [-0.15, -0.1) is 0 Å². The van der Waals surface area contributed by atoms with Crippen molar-refractivity contribution in [3.05, 3.63) is 18.2 Å². The lowest BCUT2D eigenvalue weighted by Gasteiger charge is -2.30. The molecule has 5 nitrogen and oxygen atoms in total. The number of ether oxygens (including phenoxy) is 1. The summed E-state index contributed by atoms with van der Waals surface area (Å²) in [6.45, 7) is 2.39. The minimum absolute atomic E-state index is 0.0592. The maximum Gasteiger partial charge on any atom is 0.265 e. The zero-order valence-electron chi connectivity index (χ0n) is 9.14. The smallest absolute Gasteiger partial charge is 0.265 e. The summed E-state index contributed by atoms with van der Waals surface area (Å²) >= 11 is 0. The van der Waals surface area contributed by atoms with E-state index in [1.54, 1.807) is 23.1 Å². The highest BCUT2D eigenvalue weighted by atomic mass is 16.5. The number of nitrogen functional groups attached to an aromatic ring is 1. The molecule has 0 aliphatic carbocycles. The lowest BCUT2D eigenvalue weighted by molar-refractivity contribution is -0.121. The monoisotopic (exact) mass is 221 g/mol. The Morgan fingerprint density at radius 2 is 2.31 bits per heavy atom. The molecule has 86 valence electrons. The Labute approximate surface area is 94.0 Å². The van der Waals surface area contributed by atoms with Crippen LogP contribution in [0.2, 0.25) is 0 Å². The molecule has 5 heteroatoms. The number of benzene rings is 1. The Kier molecular flexibility index (Phi) is 2.70. The molecule has 1 aliphatic heterocycles. The molecule has 1 amide bonds. The molecule has 4 N–H and O–H groups in total. The van der Waals surface area contributed by atoms with Crippen LogP contribution in [-0.2, 0) is 4.79 Å². The van der Waals surface area contributed by atoms with Crippen LogP contribution in [0.15, 0.2) is 18.2 Å². The predicted octanol–water partition coefficient (Wildman–Crippen LogP) is 0.341. The number of amides is 1. The Morgan fingerprint density at radius 3 is 3.00 bits per heavy atom. The average Bonchev–Trinajstić information content (AvgIpc) is 2.22. The standard InChI is InChI=1S/C11H15N3O2/c1-7(12)5-14-9-4-8(13)2-3-10(9)16-6-11(14)15/h2-4,7H,5-6,12-13H2,1H3. The van der Waals surface area contributed by atoms with E-state index in [9.17, 15) is 4.79 Å². The number of anilines is 2. The molecule has 0 radical (unpaired) electrons. The third kappa shape index (κ3) is 1.94. The van der Waals surface area contributed by atoms with Crippen molar-refractivity contribution in [2.24, 2.45) is 5.73 Å². The van der Waals surface area contributed by atoms with Gasteiger partial charge >= 0.3 is 0 Å². The molecule has 1 heterocycles. The van der Waals surface area contributed by atoms with Gasteiger partial charge < -0.3 is 21.1 Å². The topological polar surface area (TPSA) is 81.6 Å². The molecule has 16 heavy (non-hydrogen) atoms. The number of rotatable bonds is 2. The van der Waals surface area contributed by atoms with Crippen LogP contribution in [0.25, 0.3) is 0 Å². The van der Waals surface area contributed by atoms with Gasteiger partial charge in [-0.3, -0.25) is 4.79 Å². The number of carbonyl (C=O) groups is 1. The van der Waals surface area contributed by atoms with E-state index in [2.05, 4.69) is 0 Å². The van der Waals surface area contributed by atoms with E-state index in [4.69, 9.17) is 16.2 Å². The fraction of sp³-hybridized carbons (Fsp3) is 0.364. The quantitative estimate of drug-likeness (QED) is 0.706. The largest absolute Gasteiger partial charge is 0.482 e. The zero-order valence-corrected chi connectivity index (χ0v) is 9.14. The molecule has 0 aromatic heterocycles. The fourth-order valence-electron chi connectivity index (χ4n) is 1.71. The van der Waals surface area contributed by atoms with Gasteiger partial charge in [-0.2, -0.15) is 0 Å². The maximum atomic E-state index is 11.7. The van der Waals surface area contributed by atoms with E-state index in [0.717, 1.165) is 0 Å². The van der Waals surface area contributed by atoms with Crippen molar-refractivity contribution in [1.82, 2.24) is 0 Å². The second-order valence-electron chi connectivity index (χ2n) is 4.00. The van der Waals surface area contributed by atoms with Crippen LogP contribution in [0.5, 0.6) is 5.75 Å². The third-order valence-electron chi connectivity index (χ3n) is 2.40. The fourth-order valence-corrected chi connectivity index (χ4v) is 1.71. The molecule has 2 rings (SSSR count). The van der Waals surface area contributed by atoms with Gasteiger partial charge in [-0.1, -0.05) is 0 Å². The van der Waals surface area contributed by atoms with Crippen molar-refractivity contribution < 1.29 is 9.53 Å². The highest BCUT2D eigenvalue weighted by molar-refractivity contribution is 5.98. The molecule has 0 spiro atoms. The maximum absolute atomic E-state index is 11.7. The second kappa shape index (κ2) is 4.02. The van der Waals surface area contributed by atoms with E-state index < -0.39 is 0 Å². The Balaban J connectivity index is 2.38. The van der Waals surface area contributed by atoms with Crippen LogP contribution in [0.1, 0.15) is 6.92 Å². The van der Waals surface area contributed by atoms with E-state index in [0.29, 0.717) is 23.7 Å². The molecule has 1 aromatic rings. The average molecular weight is 221 g/mol. The van der Waals surface area contributed by atoms with Crippen molar-refractivity contribution in [3.63, 3.8) is 0 Å². The molecule has 1 aromatic carbocycles. The predicted molar refractivity (Wildman–Crippen MR) is 62.4 cm³/mol. The second-order valence-corrected chi connectivity index (χ2v) is 4.00. The number of nitrogens with zero attached hydrogens (tertiary/aromatic N) is 1. The van der Waals surface area contributed by atoms with E-state index >= 15 is 0 Å². The number of hydrogen-bond acceptors (Lipinski definition) is 4. The van der Waals surface area contributed by atoms with Crippen molar-refractivity contribution in [2.45, 2.75) is 13.0 Å². The van der Waals surface area contributed by atoms with Crippen molar-refractivity contribution in [1.29, 1.82) is 0 Å². The van der Waals surface area contributed by atoms with Gasteiger partial charge in [-0.05, 0) is 25.1 Å². The van der Waals surface area contributed by atoms with Crippen molar-refractivity contribution >= 4 is 17.3 Å². The van der Waals surface area contributed by atoms with Crippen molar-refractivity contribution in [2.75, 3.05) is 23.8 Å². The Morgan fingerprint density at radius 1 is 1.56 bits per heavy atom. The van der Waals surface area contributed by atoms with E-state index in [1.165, 1.54) is 0 Å². The summed E-state index contributed by atoms with van der Waals surface area (Å²) in [4.78, 5) is 13.3. The molecule has 0 bridgehead atoms. The third-order valence-corrected chi connectivity index (χ3v) is 2.40. The summed E-state index contributed by atoms with van der Waals surface area (Å²) < 4.78 is 5.31. The highest BCUT2D eigenvalue weighted by Gasteiger charge is 2.26. The molecule has 1 aliphatic rings. The highest BCUT2D eigenvalue weighted by Crippen LogP contribution is 2.33. The first-order valence-corrected chi connectivity index (χ1v) is 5.16. The Bertz CT molecular complexity index is 418. The molecule has 1 unspecified atom stereocenters. The SMILES string of the molecule is CC(N)CN1C(=O)COc2ccc(N)cc21. The normalized spacial score (nSPS) is 16.6. The summed E-state index contributed by atoms with van der Waals surface area (Å²) in [6.07, 6.45) is 0. The van der Waals surface area contributed by atoms with Gasteiger partial charge in [0.15, 0.2) is 6.61 Å². The first kappa shape index (κ1) is 10.8. The summed E-state index contributed by atoms with van der Waals surface area (Å²) in [5, 5.41) is 0. The summed E-state index contributed by atoms with van der Waals surface area (Å²) in [5.41, 5.74) is 12.7. The lowest BCUT2D eigenvalue weighted by atomic mass is 10.2. The van der Waals surface area contributed by atoms with Crippen LogP contribution < -0.4 is 21.1 Å². The van der Waals surface area contributed by atoms with Crippen molar-refractivity contribution in [3.8, 4) is 5.75 Å².